The molecule has 0 spiro atoms. The summed E-state index contributed by atoms with van der Waals surface area (Å²) in [7, 11) is 0. The molecule has 2 atom stereocenters. The molecule has 4 rings (SSSR count). The number of carbonyl (C=O) groups excluding carboxylic acids is 2. The number of anilines is 2. The summed E-state index contributed by atoms with van der Waals surface area (Å²) in [4.78, 5) is 33.1. The van der Waals surface area contributed by atoms with E-state index < -0.39 is 5.60 Å². The molecular weight excluding hydrogens is 420 g/mol. The molecule has 2 fully saturated rings. The maximum Gasteiger partial charge on any atom is 0.410 e. The van der Waals surface area contributed by atoms with Gasteiger partial charge in [0.2, 0.25) is 6.41 Å². The van der Waals surface area contributed by atoms with E-state index in [0.29, 0.717) is 23.1 Å². The zero-order valence-corrected chi connectivity index (χ0v) is 18.2. The second-order valence-electron chi connectivity index (χ2n) is 7.89. The number of ether oxygens (including phenoxy) is 1. The Morgan fingerprint density at radius 3 is 2.75 bits per heavy atom. The van der Waals surface area contributed by atoms with Crippen molar-refractivity contribution in [3.8, 4) is 10.6 Å². The highest BCUT2D eigenvalue weighted by Crippen LogP contribution is 2.46. The number of hydrogen-bond donors (Lipinski definition) is 1. The average molecular weight is 441 g/mol. The molecule has 0 aliphatic carbocycles. The third kappa shape index (κ3) is 3.70. The average Bonchev–Trinajstić information content (AvgIpc) is 3.34. The lowest BCUT2D eigenvalue weighted by atomic mass is 10.2. The maximum atomic E-state index is 12.5. The Balaban J connectivity index is 1.57. The van der Waals surface area contributed by atoms with Gasteiger partial charge in [-0.05, 0) is 33.3 Å². The number of hydrogen-bond acceptors (Lipinski definition) is 7. The van der Waals surface area contributed by atoms with Crippen LogP contribution in [-0.2, 0) is 9.53 Å². The Hall–Kier alpha value is -1.84. The molecule has 0 aromatic carbocycles. The van der Waals surface area contributed by atoms with Gasteiger partial charge in [0.1, 0.15) is 16.3 Å². The third-order valence-corrected chi connectivity index (χ3v) is 7.03. The van der Waals surface area contributed by atoms with Gasteiger partial charge < -0.3 is 19.9 Å². The predicted molar refractivity (Wildman–Crippen MR) is 113 cm³/mol. The topological polar surface area (TPSA) is 74.8 Å². The van der Waals surface area contributed by atoms with Crippen molar-refractivity contribution in [3.05, 3.63) is 16.5 Å². The van der Waals surface area contributed by atoms with E-state index in [9.17, 15) is 9.59 Å². The number of thiazole rings is 1. The van der Waals surface area contributed by atoms with Gasteiger partial charge in [0.25, 0.3) is 0 Å². The first-order valence-corrected chi connectivity index (χ1v) is 11.0. The van der Waals surface area contributed by atoms with Gasteiger partial charge in [0, 0.05) is 24.5 Å². The zero-order valence-electron chi connectivity index (χ0n) is 15.8. The van der Waals surface area contributed by atoms with Crippen LogP contribution in [0.3, 0.4) is 0 Å². The molecule has 28 heavy (non-hydrogen) atoms. The van der Waals surface area contributed by atoms with Crippen LogP contribution in [0.25, 0.3) is 10.6 Å². The molecule has 2 amide bonds. The van der Waals surface area contributed by atoms with Crippen LogP contribution in [0.1, 0.15) is 27.2 Å². The summed E-state index contributed by atoms with van der Waals surface area (Å²) >= 11 is 9.07. The van der Waals surface area contributed by atoms with Crippen molar-refractivity contribution in [1.29, 1.82) is 0 Å². The van der Waals surface area contributed by atoms with E-state index in [1.165, 1.54) is 22.7 Å². The van der Waals surface area contributed by atoms with Crippen molar-refractivity contribution in [2.24, 2.45) is 0 Å². The van der Waals surface area contributed by atoms with Crippen LogP contribution in [0, 0.1) is 0 Å². The molecule has 2 aliphatic rings. The summed E-state index contributed by atoms with van der Waals surface area (Å²) in [6.07, 6.45) is 1.28. The number of amides is 2. The largest absolute Gasteiger partial charge is 0.444 e. The fourth-order valence-corrected chi connectivity index (χ4v) is 5.83. The van der Waals surface area contributed by atoms with Crippen LogP contribution >= 0.6 is 34.3 Å². The summed E-state index contributed by atoms with van der Waals surface area (Å²) in [5.74, 6) is 0. The molecule has 1 N–H and O–H groups in total. The molecular formula is C18H21ClN4O3S2. The predicted octanol–water partition coefficient (Wildman–Crippen LogP) is 4.29. The van der Waals surface area contributed by atoms with E-state index in [2.05, 4.69) is 15.2 Å². The van der Waals surface area contributed by atoms with E-state index in [1.807, 2.05) is 37.1 Å². The van der Waals surface area contributed by atoms with Crippen molar-refractivity contribution in [2.75, 3.05) is 23.3 Å². The molecule has 2 aromatic rings. The fraction of sp³-hybridized carbons (Fsp3) is 0.500. The number of halogens is 1. The van der Waals surface area contributed by atoms with Crippen LogP contribution in [0.4, 0.5) is 14.9 Å². The molecule has 150 valence electrons. The van der Waals surface area contributed by atoms with Gasteiger partial charge in [-0.2, -0.15) is 0 Å². The van der Waals surface area contributed by atoms with Crippen LogP contribution in [-0.4, -0.2) is 53.2 Å². The number of rotatable bonds is 4. The molecule has 2 aliphatic heterocycles. The molecule has 2 aromatic heterocycles. The zero-order chi connectivity index (χ0) is 20.1. The number of aromatic nitrogens is 1. The van der Waals surface area contributed by atoms with Crippen molar-refractivity contribution < 1.29 is 14.3 Å². The first-order valence-electron chi connectivity index (χ1n) is 8.97. The fourth-order valence-electron chi connectivity index (χ4n) is 3.68. The minimum Gasteiger partial charge on any atom is -0.444 e. The molecule has 0 saturated carbocycles. The normalized spacial score (nSPS) is 21.3. The highest BCUT2D eigenvalue weighted by molar-refractivity contribution is 7.21. The van der Waals surface area contributed by atoms with Gasteiger partial charge >= 0.3 is 6.09 Å². The van der Waals surface area contributed by atoms with Crippen LogP contribution in [0.2, 0.25) is 5.02 Å². The summed E-state index contributed by atoms with van der Waals surface area (Å²) < 4.78 is 5.54. The second-order valence-corrected chi connectivity index (χ2v) is 10.2. The van der Waals surface area contributed by atoms with E-state index in [0.717, 1.165) is 28.5 Å². The van der Waals surface area contributed by atoms with Gasteiger partial charge in [-0.3, -0.25) is 4.79 Å². The highest BCUT2D eigenvalue weighted by atomic mass is 35.5. The van der Waals surface area contributed by atoms with Crippen molar-refractivity contribution >= 4 is 56.9 Å². The lowest BCUT2D eigenvalue weighted by Crippen LogP contribution is -2.50. The van der Waals surface area contributed by atoms with E-state index in [1.54, 1.807) is 0 Å². The Morgan fingerprint density at radius 1 is 1.39 bits per heavy atom. The quantitative estimate of drug-likeness (QED) is 0.718. The van der Waals surface area contributed by atoms with Crippen molar-refractivity contribution in [3.63, 3.8) is 0 Å². The Labute approximate surface area is 176 Å². The standard InChI is InChI=1S/C18H21ClN4O3S2/c1-18(2,3)26-17(25)23-7-11-5-12(23)6-22(11)15-14(13-4-10(19)8-27-13)21-16(28-15)20-9-24/h4,8-9,11-12H,5-7H2,1-3H3,(H,20,21,24). The number of thiophene rings is 1. The number of piperazine rings is 1. The molecule has 2 saturated heterocycles. The summed E-state index contributed by atoms with van der Waals surface area (Å²) in [6, 6.07) is 2.21. The van der Waals surface area contributed by atoms with Crippen LogP contribution in [0.15, 0.2) is 11.4 Å². The molecule has 0 radical (unpaired) electrons. The van der Waals surface area contributed by atoms with E-state index >= 15 is 0 Å². The van der Waals surface area contributed by atoms with Gasteiger partial charge in [0.05, 0.1) is 15.9 Å². The summed E-state index contributed by atoms with van der Waals surface area (Å²) in [6.45, 7) is 6.98. The van der Waals surface area contributed by atoms with Gasteiger partial charge in [-0.25, -0.2) is 9.78 Å². The Bertz CT molecular complexity index is 907. The maximum absolute atomic E-state index is 12.5. The van der Waals surface area contributed by atoms with Crippen molar-refractivity contribution in [1.82, 2.24) is 9.88 Å². The van der Waals surface area contributed by atoms with Crippen LogP contribution < -0.4 is 10.2 Å². The number of fused-ring (bicyclic) bond motifs is 2. The van der Waals surface area contributed by atoms with Crippen LogP contribution in [0.5, 0.6) is 0 Å². The van der Waals surface area contributed by atoms with Crippen molar-refractivity contribution in [2.45, 2.75) is 44.9 Å². The SMILES string of the molecule is CC(C)(C)OC(=O)N1CC2CC1CN2c1sc(NC=O)nc1-c1cc(Cl)cs1. The highest BCUT2D eigenvalue weighted by Gasteiger charge is 2.47. The third-order valence-electron chi connectivity index (χ3n) is 4.72. The number of nitrogens with zero attached hydrogens (tertiary/aromatic N) is 3. The first-order chi connectivity index (χ1) is 13.2. The Morgan fingerprint density at radius 2 is 2.18 bits per heavy atom. The number of carbonyl (C=O) groups is 2. The summed E-state index contributed by atoms with van der Waals surface area (Å²) in [5.41, 5.74) is 0.319. The minimum absolute atomic E-state index is 0.115. The molecule has 4 heterocycles. The molecule has 10 heteroatoms. The lowest BCUT2D eigenvalue weighted by molar-refractivity contribution is -0.105. The van der Waals surface area contributed by atoms with E-state index in [4.69, 9.17) is 16.3 Å². The number of likely N-dealkylation sites (tertiary alicyclic amines) is 1. The summed E-state index contributed by atoms with van der Waals surface area (Å²) in [5, 5.41) is 6.74. The molecule has 2 bridgehead atoms. The van der Waals surface area contributed by atoms with Gasteiger partial charge in [-0.15, -0.1) is 11.3 Å². The molecule has 7 nitrogen and oxygen atoms in total. The lowest BCUT2D eigenvalue weighted by Gasteiger charge is -2.35. The second kappa shape index (κ2) is 7.20. The van der Waals surface area contributed by atoms with E-state index in [-0.39, 0.29) is 18.2 Å². The first kappa shape index (κ1) is 19.5. The minimum atomic E-state index is -0.503. The monoisotopic (exact) mass is 440 g/mol. The molecule has 2 unspecified atom stereocenters. The smallest absolute Gasteiger partial charge is 0.410 e. The Kier molecular flexibility index (Phi) is 5.01. The number of nitrogens with one attached hydrogen (secondary N) is 1. The van der Waals surface area contributed by atoms with Gasteiger partial charge in [-0.1, -0.05) is 22.9 Å². The van der Waals surface area contributed by atoms with Gasteiger partial charge in [0.15, 0.2) is 5.13 Å².